The van der Waals surface area contributed by atoms with Crippen molar-refractivity contribution < 1.29 is 9.59 Å². The lowest BCUT2D eigenvalue weighted by atomic mass is 9.99. The molecule has 0 bridgehead atoms. The standard InChI is InChI=1S/C21H25N3O2/c1-4-21(2,3)23-19(25)17-11-8-12-18-16(17)13-14-24(18)20(26)22-15-9-6-5-7-10-15/h5-12H,4,13-14H2,1-3H3,(H,22,26)(H,23,25). The first-order valence-electron chi connectivity index (χ1n) is 8.99. The topological polar surface area (TPSA) is 61.4 Å². The van der Waals surface area contributed by atoms with Gasteiger partial charge in [-0.1, -0.05) is 31.2 Å². The summed E-state index contributed by atoms with van der Waals surface area (Å²) in [6.45, 7) is 6.63. The molecule has 2 aromatic carbocycles. The van der Waals surface area contributed by atoms with E-state index in [9.17, 15) is 9.59 Å². The fourth-order valence-electron chi connectivity index (χ4n) is 3.03. The molecule has 0 atom stereocenters. The maximum absolute atomic E-state index is 12.7. The Bertz CT molecular complexity index is 815. The molecular formula is C21H25N3O2. The van der Waals surface area contributed by atoms with Crippen LogP contribution in [-0.2, 0) is 6.42 Å². The molecule has 0 fully saturated rings. The average Bonchev–Trinajstić information content (AvgIpc) is 3.06. The number of rotatable bonds is 4. The molecule has 1 aliphatic rings. The van der Waals surface area contributed by atoms with E-state index in [0.717, 1.165) is 23.4 Å². The molecule has 0 radical (unpaired) electrons. The maximum Gasteiger partial charge on any atom is 0.326 e. The molecule has 0 saturated carbocycles. The molecule has 5 heteroatoms. The quantitative estimate of drug-likeness (QED) is 0.867. The Balaban J connectivity index is 1.81. The fourth-order valence-corrected chi connectivity index (χ4v) is 3.03. The third-order valence-corrected chi connectivity index (χ3v) is 4.88. The number of nitrogens with one attached hydrogen (secondary N) is 2. The van der Waals surface area contributed by atoms with Gasteiger partial charge in [0.2, 0.25) is 0 Å². The van der Waals surface area contributed by atoms with Gasteiger partial charge in [-0.15, -0.1) is 0 Å². The van der Waals surface area contributed by atoms with Crippen molar-refractivity contribution in [3.8, 4) is 0 Å². The second-order valence-electron chi connectivity index (χ2n) is 7.19. The molecule has 2 aromatic rings. The van der Waals surface area contributed by atoms with Crippen LogP contribution in [0, 0.1) is 0 Å². The first-order valence-corrected chi connectivity index (χ1v) is 8.99. The van der Waals surface area contributed by atoms with E-state index < -0.39 is 0 Å². The van der Waals surface area contributed by atoms with Crippen LogP contribution in [0.4, 0.5) is 16.2 Å². The third-order valence-electron chi connectivity index (χ3n) is 4.88. The smallest absolute Gasteiger partial charge is 0.326 e. The Morgan fingerprint density at radius 1 is 1.08 bits per heavy atom. The summed E-state index contributed by atoms with van der Waals surface area (Å²) in [6.07, 6.45) is 1.52. The normalized spacial score (nSPS) is 13.3. The SMILES string of the molecule is CCC(C)(C)NC(=O)c1cccc2c1CCN2C(=O)Nc1ccccc1. The lowest BCUT2D eigenvalue weighted by molar-refractivity contribution is 0.0910. The summed E-state index contributed by atoms with van der Waals surface area (Å²) in [4.78, 5) is 27.1. The highest BCUT2D eigenvalue weighted by Crippen LogP contribution is 2.31. The van der Waals surface area contributed by atoms with Gasteiger partial charge in [0, 0.05) is 29.0 Å². The summed E-state index contributed by atoms with van der Waals surface area (Å²) in [7, 11) is 0. The van der Waals surface area contributed by atoms with E-state index in [2.05, 4.69) is 10.6 Å². The highest BCUT2D eigenvalue weighted by atomic mass is 16.2. The number of carbonyl (C=O) groups excluding carboxylic acids is 2. The molecule has 3 amide bonds. The zero-order chi connectivity index (χ0) is 18.7. The second-order valence-corrected chi connectivity index (χ2v) is 7.19. The number of para-hydroxylation sites is 1. The van der Waals surface area contributed by atoms with Crippen LogP contribution in [0.3, 0.4) is 0 Å². The van der Waals surface area contributed by atoms with Crippen LogP contribution in [0.1, 0.15) is 43.1 Å². The summed E-state index contributed by atoms with van der Waals surface area (Å²) in [5.74, 6) is -0.0842. The third kappa shape index (κ3) is 3.72. The van der Waals surface area contributed by atoms with E-state index >= 15 is 0 Å². The monoisotopic (exact) mass is 351 g/mol. The molecule has 0 unspecified atom stereocenters. The van der Waals surface area contributed by atoms with E-state index in [1.807, 2.05) is 69.3 Å². The lowest BCUT2D eigenvalue weighted by Crippen LogP contribution is -2.43. The summed E-state index contributed by atoms with van der Waals surface area (Å²) < 4.78 is 0. The molecule has 26 heavy (non-hydrogen) atoms. The molecule has 0 aliphatic carbocycles. The summed E-state index contributed by atoms with van der Waals surface area (Å²) >= 11 is 0. The minimum atomic E-state index is -0.261. The van der Waals surface area contributed by atoms with Gasteiger partial charge in [-0.2, -0.15) is 0 Å². The largest absolute Gasteiger partial charge is 0.347 e. The predicted octanol–water partition coefficient (Wildman–Crippen LogP) is 4.20. The molecular weight excluding hydrogens is 326 g/mol. The Labute approximate surface area is 154 Å². The van der Waals surface area contributed by atoms with Crippen molar-refractivity contribution in [2.24, 2.45) is 0 Å². The number of hydrogen-bond acceptors (Lipinski definition) is 2. The first-order chi connectivity index (χ1) is 12.4. The van der Waals surface area contributed by atoms with Crippen molar-refractivity contribution >= 4 is 23.3 Å². The van der Waals surface area contributed by atoms with Crippen molar-refractivity contribution in [2.75, 3.05) is 16.8 Å². The first kappa shape index (κ1) is 18.0. The number of urea groups is 1. The number of nitrogens with zero attached hydrogens (tertiary/aromatic N) is 1. The molecule has 0 spiro atoms. The number of anilines is 2. The van der Waals surface area contributed by atoms with Crippen molar-refractivity contribution in [3.05, 3.63) is 59.7 Å². The Hall–Kier alpha value is -2.82. The average molecular weight is 351 g/mol. The minimum Gasteiger partial charge on any atom is -0.347 e. The zero-order valence-electron chi connectivity index (χ0n) is 15.5. The van der Waals surface area contributed by atoms with Crippen molar-refractivity contribution in [1.82, 2.24) is 5.32 Å². The van der Waals surface area contributed by atoms with Crippen LogP contribution < -0.4 is 15.5 Å². The van der Waals surface area contributed by atoms with Crippen LogP contribution in [0.15, 0.2) is 48.5 Å². The minimum absolute atomic E-state index is 0.0842. The zero-order valence-corrected chi connectivity index (χ0v) is 15.5. The Morgan fingerprint density at radius 3 is 2.50 bits per heavy atom. The van der Waals surface area contributed by atoms with Crippen molar-refractivity contribution in [2.45, 2.75) is 39.2 Å². The van der Waals surface area contributed by atoms with Crippen LogP contribution in [-0.4, -0.2) is 24.0 Å². The molecule has 3 rings (SSSR count). The molecule has 1 aliphatic heterocycles. The van der Waals surface area contributed by atoms with Gasteiger partial charge < -0.3 is 10.6 Å². The van der Waals surface area contributed by atoms with Gasteiger partial charge in [-0.3, -0.25) is 9.69 Å². The van der Waals surface area contributed by atoms with E-state index in [4.69, 9.17) is 0 Å². The summed E-state index contributed by atoms with van der Waals surface area (Å²) in [5, 5.41) is 5.99. The molecule has 0 saturated heterocycles. The lowest BCUT2D eigenvalue weighted by Gasteiger charge is -2.25. The molecule has 136 valence electrons. The van der Waals surface area contributed by atoms with E-state index in [-0.39, 0.29) is 17.5 Å². The predicted molar refractivity (Wildman–Crippen MR) is 105 cm³/mol. The number of fused-ring (bicyclic) bond motifs is 1. The number of benzene rings is 2. The number of carbonyl (C=O) groups is 2. The Morgan fingerprint density at radius 2 is 1.81 bits per heavy atom. The van der Waals surface area contributed by atoms with Crippen LogP contribution in [0.25, 0.3) is 0 Å². The van der Waals surface area contributed by atoms with Crippen LogP contribution in [0.2, 0.25) is 0 Å². The molecule has 0 aromatic heterocycles. The summed E-state index contributed by atoms with van der Waals surface area (Å²) in [6, 6.07) is 14.8. The van der Waals surface area contributed by atoms with E-state index in [0.29, 0.717) is 18.5 Å². The van der Waals surface area contributed by atoms with Gasteiger partial charge in [-0.05, 0) is 56.5 Å². The summed E-state index contributed by atoms with van der Waals surface area (Å²) in [5.41, 5.74) is 2.88. The van der Waals surface area contributed by atoms with Crippen LogP contribution in [0.5, 0.6) is 0 Å². The number of hydrogen-bond donors (Lipinski definition) is 2. The number of amides is 3. The van der Waals surface area contributed by atoms with Gasteiger partial charge in [-0.25, -0.2) is 4.79 Å². The molecule has 1 heterocycles. The van der Waals surface area contributed by atoms with Gasteiger partial charge >= 0.3 is 6.03 Å². The van der Waals surface area contributed by atoms with Gasteiger partial charge in [0.15, 0.2) is 0 Å². The van der Waals surface area contributed by atoms with Gasteiger partial charge in [0.05, 0.1) is 0 Å². The van der Waals surface area contributed by atoms with E-state index in [1.165, 1.54) is 0 Å². The van der Waals surface area contributed by atoms with Crippen molar-refractivity contribution in [1.29, 1.82) is 0 Å². The molecule has 2 N–H and O–H groups in total. The second kappa shape index (κ2) is 7.20. The van der Waals surface area contributed by atoms with E-state index in [1.54, 1.807) is 4.90 Å². The fraction of sp³-hybridized carbons (Fsp3) is 0.333. The highest BCUT2D eigenvalue weighted by Gasteiger charge is 2.29. The van der Waals surface area contributed by atoms with Crippen molar-refractivity contribution in [3.63, 3.8) is 0 Å². The maximum atomic E-state index is 12.7. The Kier molecular flexibility index (Phi) is 4.98. The van der Waals surface area contributed by atoms with Gasteiger partial charge in [0.25, 0.3) is 5.91 Å². The van der Waals surface area contributed by atoms with Gasteiger partial charge in [0.1, 0.15) is 0 Å². The van der Waals surface area contributed by atoms with Crippen LogP contribution >= 0.6 is 0 Å². The highest BCUT2D eigenvalue weighted by molar-refractivity contribution is 6.05. The molecule has 5 nitrogen and oxygen atoms in total.